The molecule has 2 heterocycles. The molecule has 6 heteroatoms. The Bertz CT molecular complexity index is 241. The van der Waals surface area contributed by atoms with Crippen molar-refractivity contribution in [3.8, 4) is 0 Å². The lowest BCUT2D eigenvalue weighted by Gasteiger charge is -2.37. The van der Waals surface area contributed by atoms with Gasteiger partial charge in [-0.2, -0.15) is 0 Å². The molecule has 92 valence electrons. The first-order valence-electron chi connectivity index (χ1n) is 5.77. The molecule has 1 unspecified atom stereocenters. The molecule has 2 aliphatic rings. The lowest BCUT2D eigenvalue weighted by Crippen LogP contribution is -2.57. The highest BCUT2D eigenvalue weighted by Gasteiger charge is 2.28. The van der Waals surface area contributed by atoms with Gasteiger partial charge in [-0.25, -0.2) is 0 Å². The highest BCUT2D eigenvalue weighted by atomic mass is 16.5. The fourth-order valence-corrected chi connectivity index (χ4v) is 2.13. The van der Waals surface area contributed by atoms with Crippen molar-refractivity contribution in [2.75, 3.05) is 53.0 Å². The maximum atomic E-state index is 11.1. The van der Waals surface area contributed by atoms with E-state index >= 15 is 0 Å². The third-order valence-corrected chi connectivity index (χ3v) is 3.14. The molecular formula is C10H20N4O2. The van der Waals surface area contributed by atoms with Crippen LogP contribution < -0.4 is 10.6 Å². The van der Waals surface area contributed by atoms with Crippen LogP contribution in [0.1, 0.15) is 0 Å². The van der Waals surface area contributed by atoms with E-state index in [0.29, 0.717) is 6.54 Å². The summed E-state index contributed by atoms with van der Waals surface area (Å²) >= 11 is 0. The van der Waals surface area contributed by atoms with Crippen molar-refractivity contribution >= 4 is 5.91 Å². The fraction of sp³-hybridized carbons (Fsp3) is 0.900. The van der Waals surface area contributed by atoms with Crippen LogP contribution in [0, 0.1) is 0 Å². The van der Waals surface area contributed by atoms with Gasteiger partial charge in [-0.1, -0.05) is 0 Å². The predicted molar refractivity (Wildman–Crippen MR) is 59.8 cm³/mol. The lowest BCUT2D eigenvalue weighted by atomic mass is 10.3. The van der Waals surface area contributed by atoms with Crippen LogP contribution in [0.2, 0.25) is 0 Å². The minimum Gasteiger partial charge on any atom is -0.383 e. The van der Waals surface area contributed by atoms with Gasteiger partial charge >= 0.3 is 0 Å². The molecule has 2 N–H and O–H groups in total. The van der Waals surface area contributed by atoms with Crippen molar-refractivity contribution < 1.29 is 9.53 Å². The molecule has 0 aromatic rings. The molecule has 0 aliphatic carbocycles. The molecule has 6 nitrogen and oxygen atoms in total. The van der Waals surface area contributed by atoms with Gasteiger partial charge in [0, 0.05) is 39.8 Å². The average molecular weight is 228 g/mol. The molecule has 0 bridgehead atoms. The van der Waals surface area contributed by atoms with Crippen molar-refractivity contribution in [1.82, 2.24) is 20.4 Å². The Morgan fingerprint density at radius 2 is 2.12 bits per heavy atom. The minimum atomic E-state index is 0.0390. The molecule has 2 saturated heterocycles. The van der Waals surface area contributed by atoms with Crippen molar-refractivity contribution in [2.45, 2.75) is 6.29 Å². The Balaban J connectivity index is 1.70. The molecule has 2 rings (SSSR count). The van der Waals surface area contributed by atoms with Crippen LogP contribution >= 0.6 is 0 Å². The topological polar surface area (TPSA) is 56.8 Å². The number of hydrogen-bond acceptors (Lipinski definition) is 5. The molecule has 2 fully saturated rings. The van der Waals surface area contributed by atoms with Crippen LogP contribution in [0.4, 0.5) is 0 Å². The number of nitrogens with one attached hydrogen (secondary N) is 2. The maximum absolute atomic E-state index is 11.1. The highest BCUT2D eigenvalue weighted by molar-refractivity contribution is 5.80. The minimum absolute atomic E-state index is 0.0390. The molecule has 16 heavy (non-hydrogen) atoms. The molecule has 0 aromatic heterocycles. The fourth-order valence-electron chi connectivity index (χ4n) is 2.13. The third kappa shape index (κ3) is 2.91. The summed E-state index contributed by atoms with van der Waals surface area (Å²) in [4.78, 5) is 15.7. The number of methoxy groups -OCH3 is 1. The van der Waals surface area contributed by atoms with E-state index < -0.39 is 0 Å². The average Bonchev–Trinajstić information content (AvgIpc) is 2.74. The molecule has 2 aliphatic heterocycles. The SMILES string of the molecule is COCCN1CCN(C2NCC(=O)N2)CC1. The Morgan fingerprint density at radius 1 is 1.38 bits per heavy atom. The van der Waals surface area contributed by atoms with E-state index in [2.05, 4.69) is 20.4 Å². The summed E-state index contributed by atoms with van der Waals surface area (Å²) in [5.74, 6) is 0.0896. The number of nitrogens with zero attached hydrogens (tertiary/aromatic N) is 2. The maximum Gasteiger partial charge on any atom is 0.236 e. The monoisotopic (exact) mass is 228 g/mol. The summed E-state index contributed by atoms with van der Waals surface area (Å²) < 4.78 is 5.06. The Morgan fingerprint density at radius 3 is 2.69 bits per heavy atom. The van der Waals surface area contributed by atoms with Gasteiger partial charge in [0.15, 0.2) is 0 Å². The van der Waals surface area contributed by atoms with E-state index in [0.717, 1.165) is 39.3 Å². The summed E-state index contributed by atoms with van der Waals surface area (Å²) in [5.41, 5.74) is 0. The number of piperazine rings is 1. The zero-order valence-electron chi connectivity index (χ0n) is 9.74. The Labute approximate surface area is 95.9 Å². The molecular weight excluding hydrogens is 208 g/mol. The van der Waals surface area contributed by atoms with Crippen molar-refractivity contribution in [1.29, 1.82) is 0 Å². The first kappa shape index (κ1) is 11.8. The zero-order valence-corrected chi connectivity index (χ0v) is 9.74. The third-order valence-electron chi connectivity index (χ3n) is 3.14. The van der Waals surface area contributed by atoms with Crippen LogP contribution in [0.5, 0.6) is 0 Å². The summed E-state index contributed by atoms with van der Waals surface area (Å²) in [6, 6.07) is 0. The molecule has 0 aromatic carbocycles. The van der Waals surface area contributed by atoms with E-state index in [1.807, 2.05) is 0 Å². The van der Waals surface area contributed by atoms with Gasteiger partial charge in [-0.05, 0) is 0 Å². The second-order valence-electron chi connectivity index (χ2n) is 4.22. The van der Waals surface area contributed by atoms with Gasteiger partial charge in [0.1, 0.15) is 6.29 Å². The first-order valence-corrected chi connectivity index (χ1v) is 5.77. The zero-order chi connectivity index (χ0) is 11.4. The number of hydrogen-bond donors (Lipinski definition) is 2. The van der Waals surface area contributed by atoms with Gasteiger partial charge < -0.3 is 10.1 Å². The van der Waals surface area contributed by atoms with Gasteiger partial charge in [0.2, 0.25) is 5.91 Å². The molecule has 1 amide bonds. The molecule has 1 atom stereocenters. The van der Waals surface area contributed by atoms with Crippen LogP contribution in [0.15, 0.2) is 0 Å². The largest absolute Gasteiger partial charge is 0.383 e. The van der Waals surface area contributed by atoms with Gasteiger partial charge in [-0.15, -0.1) is 0 Å². The highest BCUT2D eigenvalue weighted by Crippen LogP contribution is 2.05. The number of rotatable bonds is 4. The summed E-state index contributed by atoms with van der Waals surface area (Å²) in [5, 5.41) is 6.07. The van der Waals surface area contributed by atoms with Crippen molar-refractivity contribution in [3.05, 3.63) is 0 Å². The van der Waals surface area contributed by atoms with E-state index in [1.54, 1.807) is 7.11 Å². The first-order chi connectivity index (χ1) is 7.79. The molecule has 0 radical (unpaired) electrons. The molecule has 0 spiro atoms. The number of carbonyl (C=O) groups is 1. The summed E-state index contributed by atoms with van der Waals surface area (Å²) in [6.45, 7) is 6.28. The quantitative estimate of drug-likeness (QED) is 0.598. The predicted octanol–water partition coefficient (Wildman–Crippen LogP) is -1.75. The standard InChI is InChI=1S/C10H20N4O2/c1-16-7-6-13-2-4-14(5-3-13)10-11-8-9(15)12-10/h10-11H,2-8H2,1H3,(H,12,15). The van der Waals surface area contributed by atoms with Crippen LogP contribution in [0.25, 0.3) is 0 Å². The summed E-state index contributed by atoms with van der Waals surface area (Å²) in [7, 11) is 1.73. The normalized spacial score (nSPS) is 28.3. The lowest BCUT2D eigenvalue weighted by molar-refractivity contribution is -0.119. The number of ether oxygens (including phenoxy) is 1. The van der Waals surface area contributed by atoms with Crippen LogP contribution in [-0.4, -0.2) is 75.0 Å². The number of amides is 1. The second kappa shape index (κ2) is 5.58. The van der Waals surface area contributed by atoms with Crippen LogP contribution in [-0.2, 0) is 9.53 Å². The molecule has 0 saturated carbocycles. The smallest absolute Gasteiger partial charge is 0.236 e. The van der Waals surface area contributed by atoms with E-state index in [9.17, 15) is 4.79 Å². The van der Waals surface area contributed by atoms with E-state index in [-0.39, 0.29) is 12.2 Å². The van der Waals surface area contributed by atoms with Gasteiger partial charge in [0.25, 0.3) is 0 Å². The van der Waals surface area contributed by atoms with Gasteiger partial charge in [-0.3, -0.25) is 19.9 Å². The number of carbonyl (C=O) groups excluding carboxylic acids is 1. The second-order valence-corrected chi connectivity index (χ2v) is 4.22. The Hall–Kier alpha value is -0.690. The van der Waals surface area contributed by atoms with Crippen LogP contribution in [0.3, 0.4) is 0 Å². The Kier molecular flexibility index (Phi) is 4.11. The van der Waals surface area contributed by atoms with Crippen molar-refractivity contribution in [2.24, 2.45) is 0 Å². The summed E-state index contributed by atoms with van der Waals surface area (Å²) in [6.07, 6.45) is 0.0390. The van der Waals surface area contributed by atoms with Gasteiger partial charge in [0.05, 0.1) is 13.2 Å². The van der Waals surface area contributed by atoms with E-state index in [4.69, 9.17) is 4.74 Å². The van der Waals surface area contributed by atoms with Crippen molar-refractivity contribution in [3.63, 3.8) is 0 Å². The van der Waals surface area contributed by atoms with E-state index in [1.165, 1.54) is 0 Å².